The number of para-hydroxylation sites is 1. The lowest BCUT2D eigenvalue weighted by atomic mass is 10.0. The quantitative estimate of drug-likeness (QED) is 0.667. The van der Waals surface area contributed by atoms with E-state index in [4.69, 9.17) is 31.2 Å². The average molecular weight is 470 g/mol. The van der Waals surface area contributed by atoms with Gasteiger partial charge < -0.3 is 34.1 Å². The van der Waals surface area contributed by atoms with Gasteiger partial charge in [-0.2, -0.15) is 0 Å². The predicted molar refractivity (Wildman–Crippen MR) is 127 cm³/mol. The van der Waals surface area contributed by atoms with Crippen LogP contribution in [0.3, 0.4) is 0 Å². The van der Waals surface area contributed by atoms with Crippen LogP contribution in [0.5, 0.6) is 17.2 Å². The van der Waals surface area contributed by atoms with Crippen LogP contribution in [0.15, 0.2) is 48.5 Å². The van der Waals surface area contributed by atoms with E-state index in [1.807, 2.05) is 53.4 Å². The van der Waals surface area contributed by atoms with Crippen LogP contribution in [0, 0.1) is 0 Å². The molecule has 0 bridgehead atoms. The Morgan fingerprint density at radius 3 is 2.61 bits per heavy atom. The molecule has 1 N–H and O–H groups in total. The summed E-state index contributed by atoms with van der Waals surface area (Å²) >= 11 is 5.63. The fourth-order valence-corrected chi connectivity index (χ4v) is 4.64. The summed E-state index contributed by atoms with van der Waals surface area (Å²) in [5, 5.41) is 3.96. The highest BCUT2D eigenvalue weighted by Crippen LogP contribution is 2.33. The van der Waals surface area contributed by atoms with Gasteiger partial charge in [-0.25, -0.2) is 4.79 Å². The second kappa shape index (κ2) is 9.74. The first-order chi connectivity index (χ1) is 16.2. The summed E-state index contributed by atoms with van der Waals surface area (Å²) in [7, 11) is 0. The van der Waals surface area contributed by atoms with Crippen LogP contribution in [-0.4, -0.2) is 72.6 Å². The topological polar surface area (TPSA) is 72.5 Å². The molecule has 8 nitrogen and oxygen atoms in total. The zero-order valence-electron chi connectivity index (χ0n) is 18.3. The third-order valence-electron chi connectivity index (χ3n) is 6.07. The lowest BCUT2D eigenvalue weighted by Gasteiger charge is -2.37. The maximum absolute atomic E-state index is 12.4. The van der Waals surface area contributed by atoms with E-state index in [0.29, 0.717) is 31.5 Å². The van der Waals surface area contributed by atoms with E-state index in [-0.39, 0.29) is 18.2 Å². The zero-order valence-corrected chi connectivity index (χ0v) is 19.1. The van der Waals surface area contributed by atoms with Crippen LogP contribution in [-0.2, 0) is 4.74 Å². The summed E-state index contributed by atoms with van der Waals surface area (Å²) < 4.78 is 22.5. The molecule has 2 aromatic rings. The molecule has 3 aliphatic rings. The second-order valence-corrected chi connectivity index (χ2v) is 8.68. The molecule has 9 heteroatoms. The Morgan fingerprint density at radius 1 is 1.06 bits per heavy atom. The zero-order chi connectivity index (χ0) is 22.6. The average Bonchev–Trinajstić information content (AvgIpc) is 3.24. The third-order valence-corrected chi connectivity index (χ3v) is 6.43. The molecule has 2 saturated heterocycles. The highest BCUT2D eigenvalue weighted by molar-refractivity contribution is 7.80. The van der Waals surface area contributed by atoms with E-state index in [2.05, 4.69) is 10.2 Å². The van der Waals surface area contributed by atoms with E-state index in [0.717, 1.165) is 48.9 Å². The third kappa shape index (κ3) is 5.08. The summed E-state index contributed by atoms with van der Waals surface area (Å²) in [6, 6.07) is 15.4. The van der Waals surface area contributed by atoms with Gasteiger partial charge in [0.2, 0.25) is 0 Å². The Kier molecular flexibility index (Phi) is 6.39. The van der Waals surface area contributed by atoms with E-state index >= 15 is 0 Å². The van der Waals surface area contributed by atoms with Crippen molar-refractivity contribution in [1.82, 2.24) is 9.80 Å². The molecule has 33 heavy (non-hydrogen) atoms. The van der Waals surface area contributed by atoms with Gasteiger partial charge in [-0.05, 0) is 49.3 Å². The number of piperidine rings is 1. The number of benzene rings is 2. The first-order valence-corrected chi connectivity index (χ1v) is 11.7. The number of ether oxygens (including phenoxy) is 4. The Balaban J connectivity index is 1.09. The summed E-state index contributed by atoms with van der Waals surface area (Å²) in [6.45, 7) is 3.57. The maximum atomic E-state index is 12.4. The Labute approximate surface area is 198 Å². The number of likely N-dealkylation sites (tertiary alicyclic amines) is 1. The van der Waals surface area contributed by atoms with E-state index in [1.165, 1.54) is 0 Å². The van der Waals surface area contributed by atoms with Gasteiger partial charge in [0.1, 0.15) is 25.6 Å². The number of cyclic esters (lactones) is 1. The summed E-state index contributed by atoms with van der Waals surface area (Å²) in [4.78, 5) is 16.4. The molecule has 1 unspecified atom stereocenters. The minimum Gasteiger partial charge on any atom is -0.490 e. The van der Waals surface area contributed by atoms with Gasteiger partial charge >= 0.3 is 6.09 Å². The molecule has 2 aromatic carbocycles. The highest BCUT2D eigenvalue weighted by Gasteiger charge is 2.38. The second-order valence-electron chi connectivity index (χ2n) is 8.29. The van der Waals surface area contributed by atoms with Crippen LogP contribution in [0.2, 0.25) is 0 Å². The van der Waals surface area contributed by atoms with Gasteiger partial charge in [-0.1, -0.05) is 18.2 Å². The smallest absolute Gasteiger partial charge is 0.410 e. The van der Waals surface area contributed by atoms with Gasteiger partial charge in [0.15, 0.2) is 22.7 Å². The molecule has 0 saturated carbocycles. The number of fused-ring (bicyclic) bond motifs is 1. The summed E-state index contributed by atoms with van der Waals surface area (Å²) in [6.07, 6.45) is 1.16. The molecule has 0 spiro atoms. The monoisotopic (exact) mass is 469 g/mol. The molecule has 1 amide bonds. The molecular weight excluding hydrogens is 442 g/mol. The number of hydrogen-bond donors (Lipinski definition) is 1. The molecule has 0 aromatic heterocycles. The number of hydrogen-bond acceptors (Lipinski definition) is 6. The number of nitrogens with one attached hydrogen (secondary N) is 1. The van der Waals surface area contributed by atoms with E-state index < -0.39 is 0 Å². The largest absolute Gasteiger partial charge is 0.490 e. The minimum atomic E-state index is -0.257. The fraction of sp³-hybridized carbons (Fsp3) is 0.417. The molecule has 0 radical (unpaired) electrons. The molecule has 3 heterocycles. The number of amides is 1. The van der Waals surface area contributed by atoms with Gasteiger partial charge in [0, 0.05) is 30.9 Å². The Hall–Kier alpha value is -3.20. The normalized spacial score (nSPS) is 20.4. The highest BCUT2D eigenvalue weighted by atomic mass is 32.1. The van der Waals surface area contributed by atoms with Crippen molar-refractivity contribution in [2.45, 2.75) is 25.0 Å². The van der Waals surface area contributed by atoms with E-state index in [9.17, 15) is 4.79 Å². The van der Waals surface area contributed by atoms with Gasteiger partial charge in [0.05, 0.1) is 6.54 Å². The van der Waals surface area contributed by atoms with Crippen molar-refractivity contribution in [2.75, 3.05) is 44.8 Å². The standard InChI is InChI=1S/C24H27N3O5S/c28-24-27(15-20(32-24)16-31-19-4-2-1-3-5-19)18-8-10-26(11-9-18)23(33)25-17-6-7-21-22(14-17)30-13-12-29-21/h1-7,14,18,20H,8-13,15-16H2,(H,25,33). The number of carbonyl (C=O) groups excluding carboxylic acids is 1. The minimum absolute atomic E-state index is 0.146. The molecule has 1 atom stereocenters. The first-order valence-electron chi connectivity index (χ1n) is 11.3. The number of carbonyl (C=O) groups is 1. The Bertz CT molecular complexity index is 997. The lowest BCUT2D eigenvalue weighted by molar-refractivity contribution is 0.0997. The first kappa shape index (κ1) is 21.6. The van der Waals surface area contributed by atoms with Gasteiger partial charge in [-0.3, -0.25) is 0 Å². The molecule has 2 fully saturated rings. The molecule has 3 aliphatic heterocycles. The van der Waals surface area contributed by atoms with Crippen LogP contribution in [0.1, 0.15) is 12.8 Å². The molecular formula is C24H27N3O5S. The van der Waals surface area contributed by atoms with Crippen molar-refractivity contribution in [3.8, 4) is 17.2 Å². The van der Waals surface area contributed by atoms with Crippen LogP contribution >= 0.6 is 12.2 Å². The van der Waals surface area contributed by atoms with Crippen molar-refractivity contribution in [1.29, 1.82) is 0 Å². The number of nitrogens with zero attached hydrogens (tertiary/aromatic N) is 2. The van der Waals surface area contributed by atoms with Crippen LogP contribution < -0.4 is 19.5 Å². The lowest BCUT2D eigenvalue weighted by Crippen LogP contribution is -2.48. The van der Waals surface area contributed by atoms with Crippen molar-refractivity contribution in [3.05, 3.63) is 48.5 Å². The molecule has 5 rings (SSSR count). The van der Waals surface area contributed by atoms with E-state index in [1.54, 1.807) is 0 Å². The SMILES string of the molecule is O=C1OC(COc2ccccc2)CN1C1CCN(C(=S)Nc2ccc3c(c2)OCCO3)CC1. The number of anilines is 1. The number of thiocarbonyl (C=S) groups is 1. The van der Waals surface area contributed by atoms with Crippen molar-refractivity contribution >= 4 is 29.1 Å². The number of rotatable bonds is 5. The van der Waals surface area contributed by atoms with Crippen LogP contribution in [0.4, 0.5) is 10.5 Å². The van der Waals surface area contributed by atoms with Crippen molar-refractivity contribution in [2.24, 2.45) is 0 Å². The van der Waals surface area contributed by atoms with Crippen molar-refractivity contribution in [3.63, 3.8) is 0 Å². The van der Waals surface area contributed by atoms with Gasteiger partial charge in [0.25, 0.3) is 0 Å². The van der Waals surface area contributed by atoms with Crippen LogP contribution in [0.25, 0.3) is 0 Å². The Morgan fingerprint density at radius 2 is 1.82 bits per heavy atom. The summed E-state index contributed by atoms with van der Waals surface area (Å²) in [5.41, 5.74) is 0.871. The van der Waals surface area contributed by atoms with Gasteiger partial charge in [-0.15, -0.1) is 0 Å². The maximum Gasteiger partial charge on any atom is 0.410 e. The fourth-order valence-electron chi connectivity index (χ4n) is 4.34. The molecule has 0 aliphatic carbocycles. The molecule has 174 valence electrons. The summed E-state index contributed by atoms with van der Waals surface area (Å²) in [5.74, 6) is 2.26. The predicted octanol–water partition coefficient (Wildman–Crippen LogP) is 3.52. The van der Waals surface area contributed by atoms with Crippen molar-refractivity contribution < 1.29 is 23.7 Å².